The van der Waals surface area contributed by atoms with Crippen molar-refractivity contribution in [1.29, 1.82) is 0 Å². The van der Waals surface area contributed by atoms with Crippen molar-refractivity contribution in [2.75, 3.05) is 18.5 Å². The summed E-state index contributed by atoms with van der Waals surface area (Å²) in [4.78, 5) is 12.4. The zero-order valence-corrected chi connectivity index (χ0v) is 12.7. The molecule has 0 radical (unpaired) electrons. The van der Waals surface area contributed by atoms with Gasteiger partial charge in [0.15, 0.2) is 0 Å². The molecule has 1 aliphatic rings. The lowest BCUT2D eigenvalue weighted by molar-refractivity contribution is -0.118. The van der Waals surface area contributed by atoms with Gasteiger partial charge >= 0.3 is 0 Å². The zero-order chi connectivity index (χ0) is 15.0. The molecular weight excluding hydrogens is 252 g/mol. The van der Waals surface area contributed by atoms with E-state index in [1.54, 1.807) is 0 Å². The molecule has 4 heteroatoms. The molecule has 1 amide bonds. The van der Waals surface area contributed by atoms with Crippen LogP contribution in [0.25, 0.3) is 0 Å². The maximum Gasteiger partial charge on any atom is 0.228 e. The highest BCUT2D eigenvalue weighted by molar-refractivity contribution is 5.96. The zero-order valence-electron chi connectivity index (χ0n) is 12.7. The number of anilines is 1. The third kappa shape index (κ3) is 2.52. The lowest BCUT2D eigenvalue weighted by Crippen LogP contribution is -2.17. The normalized spacial score (nSPS) is 19.4. The van der Waals surface area contributed by atoms with Gasteiger partial charge in [-0.05, 0) is 23.0 Å². The number of nitrogens with one attached hydrogen (secondary N) is 1. The molecule has 0 aromatic heterocycles. The Labute approximate surface area is 120 Å². The third-order valence-electron chi connectivity index (χ3n) is 4.77. The van der Waals surface area contributed by atoms with Crippen molar-refractivity contribution in [2.24, 2.45) is 22.5 Å². The molecule has 20 heavy (non-hydrogen) atoms. The second-order valence-electron chi connectivity index (χ2n) is 6.53. The monoisotopic (exact) mass is 276 g/mol. The molecule has 2 rings (SSSR count). The maximum absolute atomic E-state index is 12.4. The molecule has 0 saturated heterocycles. The first-order valence-corrected chi connectivity index (χ1v) is 7.04. The molecule has 1 saturated carbocycles. The van der Waals surface area contributed by atoms with E-state index in [1.807, 2.05) is 24.3 Å². The van der Waals surface area contributed by atoms with E-state index < -0.39 is 0 Å². The van der Waals surface area contributed by atoms with Gasteiger partial charge in [-0.2, -0.15) is 0 Å². The van der Waals surface area contributed by atoms with E-state index >= 15 is 0 Å². The van der Waals surface area contributed by atoms with Crippen molar-refractivity contribution in [1.82, 2.24) is 0 Å². The van der Waals surface area contributed by atoms with Crippen molar-refractivity contribution < 1.29 is 9.53 Å². The van der Waals surface area contributed by atoms with Gasteiger partial charge in [0.1, 0.15) is 12.4 Å². The van der Waals surface area contributed by atoms with Crippen LogP contribution in [-0.2, 0) is 4.79 Å². The Hall–Kier alpha value is -1.55. The van der Waals surface area contributed by atoms with E-state index in [1.165, 1.54) is 0 Å². The largest absolute Gasteiger partial charge is 0.492 e. The smallest absolute Gasteiger partial charge is 0.228 e. The molecule has 1 aromatic rings. The van der Waals surface area contributed by atoms with Gasteiger partial charge in [0.05, 0.1) is 0 Å². The molecule has 1 aromatic carbocycles. The summed E-state index contributed by atoms with van der Waals surface area (Å²) in [5.74, 6) is 0.849. The lowest BCUT2D eigenvalue weighted by Gasteiger charge is -2.09. The van der Waals surface area contributed by atoms with E-state index in [0.717, 1.165) is 11.4 Å². The summed E-state index contributed by atoms with van der Waals surface area (Å²) in [7, 11) is 0. The van der Waals surface area contributed by atoms with Crippen molar-refractivity contribution in [3.8, 4) is 5.75 Å². The Morgan fingerprint density at radius 2 is 1.95 bits per heavy atom. The topological polar surface area (TPSA) is 64.3 Å². The molecule has 0 unspecified atom stereocenters. The second-order valence-corrected chi connectivity index (χ2v) is 6.53. The summed E-state index contributed by atoms with van der Waals surface area (Å²) >= 11 is 0. The van der Waals surface area contributed by atoms with Gasteiger partial charge in [-0.1, -0.05) is 33.8 Å². The fourth-order valence-electron chi connectivity index (χ4n) is 2.91. The van der Waals surface area contributed by atoms with E-state index in [0.29, 0.717) is 13.2 Å². The molecule has 3 N–H and O–H groups in total. The molecule has 0 atom stereocenters. The number of hydrogen-bond donors (Lipinski definition) is 2. The first-order chi connectivity index (χ1) is 9.30. The van der Waals surface area contributed by atoms with Crippen LogP contribution in [0.4, 0.5) is 5.69 Å². The fraction of sp³-hybridized carbons (Fsp3) is 0.562. The molecule has 0 aliphatic heterocycles. The lowest BCUT2D eigenvalue weighted by atomic mass is 10.0. The number of hydrogen-bond acceptors (Lipinski definition) is 3. The van der Waals surface area contributed by atoms with Crippen molar-refractivity contribution in [2.45, 2.75) is 27.7 Å². The standard InChI is InChI=1S/C16H24N2O2/c1-15(2)13(16(15,3)4)14(19)18-11-6-5-7-12(10-11)20-9-8-17/h5-7,10,13H,8-9,17H2,1-4H3,(H,18,19). The van der Waals surface area contributed by atoms with E-state index in [4.69, 9.17) is 10.5 Å². The van der Waals surface area contributed by atoms with Crippen molar-refractivity contribution in [3.63, 3.8) is 0 Å². The Morgan fingerprint density at radius 3 is 2.50 bits per heavy atom. The van der Waals surface area contributed by atoms with Crippen LogP contribution in [0.2, 0.25) is 0 Å². The molecule has 0 bridgehead atoms. The Morgan fingerprint density at radius 1 is 1.30 bits per heavy atom. The number of carbonyl (C=O) groups is 1. The molecule has 1 fully saturated rings. The van der Waals surface area contributed by atoms with Crippen LogP contribution in [0.15, 0.2) is 24.3 Å². The van der Waals surface area contributed by atoms with E-state index in [2.05, 4.69) is 33.0 Å². The quantitative estimate of drug-likeness (QED) is 0.869. The van der Waals surface area contributed by atoms with E-state index in [9.17, 15) is 4.79 Å². The second kappa shape index (κ2) is 5.09. The molecular formula is C16H24N2O2. The highest BCUT2D eigenvalue weighted by Gasteiger charge is 2.68. The minimum Gasteiger partial charge on any atom is -0.492 e. The number of ether oxygens (including phenoxy) is 1. The SMILES string of the molecule is CC1(C)C(C(=O)Nc2cccc(OCCN)c2)C1(C)C. The summed E-state index contributed by atoms with van der Waals surface area (Å²) in [5.41, 5.74) is 6.27. The van der Waals surface area contributed by atoms with E-state index in [-0.39, 0.29) is 22.7 Å². The molecule has 0 spiro atoms. The number of nitrogens with two attached hydrogens (primary N) is 1. The van der Waals surface area contributed by atoms with Gasteiger partial charge in [-0.3, -0.25) is 4.79 Å². The first kappa shape index (κ1) is 14.9. The van der Waals surface area contributed by atoms with Crippen LogP contribution in [0.1, 0.15) is 27.7 Å². The molecule has 0 heterocycles. The summed E-state index contributed by atoms with van der Waals surface area (Å²) in [6.45, 7) is 9.49. The van der Waals surface area contributed by atoms with Gasteiger partial charge in [-0.25, -0.2) is 0 Å². The van der Waals surface area contributed by atoms with Gasteiger partial charge < -0.3 is 15.8 Å². The minimum absolute atomic E-state index is 0.0450. The Bertz CT molecular complexity index is 495. The summed E-state index contributed by atoms with van der Waals surface area (Å²) in [6.07, 6.45) is 0. The first-order valence-electron chi connectivity index (χ1n) is 7.04. The number of benzene rings is 1. The van der Waals surface area contributed by atoms with Crippen LogP contribution in [0, 0.1) is 16.7 Å². The van der Waals surface area contributed by atoms with Gasteiger partial charge in [0.25, 0.3) is 0 Å². The average Bonchev–Trinajstić information content (AvgIpc) is 2.77. The highest BCUT2D eigenvalue weighted by Crippen LogP contribution is 2.68. The number of amides is 1. The molecule has 110 valence electrons. The predicted octanol–water partition coefficient (Wildman–Crippen LogP) is 2.64. The summed E-state index contributed by atoms with van der Waals surface area (Å²) in [5, 5.41) is 2.98. The van der Waals surface area contributed by atoms with Gasteiger partial charge in [-0.15, -0.1) is 0 Å². The van der Waals surface area contributed by atoms with Crippen LogP contribution in [0.3, 0.4) is 0 Å². The number of carbonyl (C=O) groups excluding carboxylic acids is 1. The number of rotatable bonds is 5. The minimum atomic E-state index is 0.0450. The summed E-state index contributed by atoms with van der Waals surface area (Å²) in [6, 6.07) is 7.42. The van der Waals surface area contributed by atoms with Crippen LogP contribution in [0.5, 0.6) is 5.75 Å². The van der Waals surface area contributed by atoms with Crippen molar-refractivity contribution in [3.05, 3.63) is 24.3 Å². The third-order valence-corrected chi connectivity index (χ3v) is 4.77. The predicted molar refractivity (Wildman–Crippen MR) is 80.7 cm³/mol. The summed E-state index contributed by atoms with van der Waals surface area (Å²) < 4.78 is 5.46. The fourth-order valence-corrected chi connectivity index (χ4v) is 2.91. The molecule has 1 aliphatic carbocycles. The van der Waals surface area contributed by atoms with Crippen LogP contribution in [-0.4, -0.2) is 19.1 Å². The van der Waals surface area contributed by atoms with Gasteiger partial charge in [0.2, 0.25) is 5.91 Å². The Balaban J connectivity index is 2.02. The Kier molecular flexibility index (Phi) is 3.78. The van der Waals surface area contributed by atoms with Gasteiger partial charge in [0, 0.05) is 24.2 Å². The maximum atomic E-state index is 12.4. The van der Waals surface area contributed by atoms with Crippen LogP contribution >= 0.6 is 0 Å². The average molecular weight is 276 g/mol. The molecule has 4 nitrogen and oxygen atoms in total. The highest BCUT2D eigenvalue weighted by atomic mass is 16.5. The van der Waals surface area contributed by atoms with Crippen molar-refractivity contribution >= 4 is 11.6 Å². The van der Waals surface area contributed by atoms with Crippen LogP contribution < -0.4 is 15.8 Å².